The van der Waals surface area contributed by atoms with Crippen LogP contribution in [0.15, 0.2) is 12.2 Å². The number of aliphatic hydroxyl groups is 1. The fourth-order valence-electron chi connectivity index (χ4n) is 5.87. The summed E-state index contributed by atoms with van der Waals surface area (Å²) < 4.78 is 24.1. The highest BCUT2D eigenvalue weighted by Gasteiger charge is 2.42. The van der Waals surface area contributed by atoms with E-state index in [0.717, 1.165) is 90.1 Å². The molecule has 42 heavy (non-hydrogen) atoms. The van der Waals surface area contributed by atoms with Crippen LogP contribution < -0.4 is 0 Å². The number of hydrogen-bond donors (Lipinski definition) is 1. The molecule has 0 aromatic carbocycles. The van der Waals surface area contributed by atoms with Gasteiger partial charge in [-0.1, -0.05) is 59.1 Å². The minimum atomic E-state index is -1.78. The van der Waals surface area contributed by atoms with Crippen molar-refractivity contribution in [2.24, 2.45) is 11.8 Å². The van der Waals surface area contributed by atoms with Crippen molar-refractivity contribution in [2.75, 3.05) is 13.2 Å². The summed E-state index contributed by atoms with van der Waals surface area (Å²) in [5, 5.41) is 11.1. The van der Waals surface area contributed by atoms with Crippen molar-refractivity contribution in [3.63, 3.8) is 0 Å². The van der Waals surface area contributed by atoms with Crippen LogP contribution in [0.3, 0.4) is 0 Å². The fraction of sp³-hybridized carbons (Fsp3) is 0.912. The number of ether oxygens (including phenoxy) is 3. The van der Waals surface area contributed by atoms with Gasteiger partial charge in [0.25, 0.3) is 0 Å². The Balaban J connectivity index is 1.87. The Morgan fingerprint density at radius 1 is 1.12 bits per heavy atom. The second-order valence-electron chi connectivity index (χ2n) is 14.2. The van der Waals surface area contributed by atoms with E-state index in [-0.39, 0.29) is 40.8 Å². The largest absolute Gasteiger partial charge is 0.466 e. The van der Waals surface area contributed by atoms with Crippen LogP contribution in [0, 0.1) is 11.8 Å². The lowest BCUT2D eigenvalue weighted by molar-refractivity contribution is -0.192. The molecule has 1 heterocycles. The standard InChI is InChI=1S/C34H63ClO6Si/c1-8-23-38-32(37)19-12-10-9-11-18-28-29(31(25-30(28)35)40-33-20-13-14-24-39-33)22-21-27(36)17-15-16-26(2)41-42(6,7)34(3,4)5/h21-22,26-31,33,36H,8-20,23-25H2,1-7H3/t26-,27+,28-,29-,30-,31-,33?/m1/s1. The molecule has 2 rings (SSSR count). The normalized spacial score (nSPS) is 26.9. The van der Waals surface area contributed by atoms with Gasteiger partial charge in [0.15, 0.2) is 14.6 Å². The molecular weight excluding hydrogens is 568 g/mol. The molecule has 0 aromatic rings. The van der Waals surface area contributed by atoms with Crippen molar-refractivity contribution >= 4 is 25.9 Å². The van der Waals surface area contributed by atoms with Crippen molar-refractivity contribution in [1.29, 1.82) is 0 Å². The van der Waals surface area contributed by atoms with E-state index in [1.165, 1.54) is 0 Å². The number of esters is 1. The van der Waals surface area contributed by atoms with E-state index in [4.69, 9.17) is 30.2 Å². The third-order valence-corrected chi connectivity index (χ3v) is 14.5. The molecule has 1 N–H and O–H groups in total. The summed E-state index contributed by atoms with van der Waals surface area (Å²) in [7, 11) is -1.78. The molecule has 0 spiro atoms. The first-order valence-corrected chi connectivity index (χ1v) is 20.3. The van der Waals surface area contributed by atoms with Gasteiger partial charge in [-0.25, -0.2) is 0 Å². The van der Waals surface area contributed by atoms with Gasteiger partial charge in [-0.2, -0.15) is 0 Å². The minimum Gasteiger partial charge on any atom is -0.466 e. The minimum absolute atomic E-state index is 0.00963. The first-order valence-electron chi connectivity index (χ1n) is 16.9. The third kappa shape index (κ3) is 13.7. The number of aliphatic hydroxyl groups excluding tert-OH is 1. The van der Waals surface area contributed by atoms with Gasteiger partial charge in [-0.05, 0) is 95.2 Å². The Morgan fingerprint density at radius 3 is 2.52 bits per heavy atom. The van der Waals surface area contributed by atoms with Gasteiger partial charge in [0.05, 0.1) is 18.8 Å². The maximum Gasteiger partial charge on any atom is 0.305 e. The first-order chi connectivity index (χ1) is 19.8. The Kier molecular flexibility index (Phi) is 17.2. The molecule has 2 aliphatic rings. The van der Waals surface area contributed by atoms with Crippen LogP contribution in [0.2, 0.25) is 18.1 Å². The Hall–Kier alpha value is -0.443. The molecule has 8 heteroatoms. The highest BCUT2D eigenvalue weighted by atomic mass is 35.5. The average Bonchev–Trinajstić information content (AvgIpc) is 3.21. The van der Waals surface area contributed by atoms with E-state index in [0.29, 0.717) is 18.9 Å². The smallest absolute Gasteiger partial charge is 0.305 e. The van der Waals surface area contributed by atoms with Crippen LogP contribution in [-0.4, -0.2) is 62.6 Å². The van der Waals surface area contributed by atoms with Gasteiger partial charge in [0.1, 0.15) is 0 Å². The second kappa shape index (κ2) is 19.2. The summed E-state index contributed by atoms with van der Waals surface area (Å²) in [6.07, 6.45) is 16.7. The highest BCUT2D eigenvalue weighted by Crippen LogP contribution is 2.43. The number of hydrogen-bond acceptors (Lipinski definition) is 6. The predicted octanol–water partition coefficient (Wildman–Crippen LogP) is 8.93. The van der Waals surface area contributed by atoms with E-state index in [2.05, 4.69) is 46.9 Å². The summed E-state index contributed by atoms with van der Waals surface area (Å²) >= 11 is 6.94. The number of alkyl halides is 1. The summed E-state index contributed by atoms with van der Waals surface area (Å²) in [5.74, 6) is 0.383. The van der Waals surface area contributed by atoms with Gasteiger partial charge >= 0.3 is 5.97 Å². The zero-order valence-electron chi connectivity index (χ0n) is 27.9. The molecule has 7 atom stereocenters. The molecule has 0 radical (unpaired) electrons. The van der Waals surface area contributed by atoms with Gasteiger partial charge in [0, 0.05) is 30.4 Å². The SMILES string of the molecule is CCCOC(=O)CCCCCC[C@@H]1[C@@H](C=C[C@@H](O)CCC[C@@H](C)O[Si](C)(C)C(C)(C)C)[C@H](OC2CCCCO2)C[C@H]1Cl. The average molecular weight is 631 g/mol. The summed E-state index contributed by atoms with van der Waals surface area (Å²) in [6.45, 7) is 16.9. The van der Waals surface area contributed by atoms with Gasteiger partial charge in [-0.3, -0.25) is 4.79 Å². The van der Waals surface area contributed by atoms with Crippen molar-refractivity contribution in [3.8, 4) is 0 Å². The zero-order valence-corrected chi connectivity index (χ0v) is 29.6. The number of rotatable bonds is 19. The van der Waals surface area contributed by atoms with E-state index in [1.807, 2.05) is 13.0 Å². The molecule has 0 bridgehead atoms. The van der Waals surface area contributed by atoms with E-state index in [9.17, 15) is 9.90 Å². The molecule has 2 fully saturated rings. The van der Waals surface area contributed by atoms with Gasteiger partial charge in [0.2, 0.25) is 0 Å². The van der Waals surface area contributed by atoms with Crippen molar-refractivity contribution < 1.29 is 28.5 Å². The lowest BCUT2D eigenvalue weighted by atomic mass is 9.88. The van der Waals surface area contributed by atoms with Crippen LogP contribution in [0.5, 0.6) is 0 Å². The molecule has 0 amide bonds. The fourth-order valence-corrected chi connectivity index (χ4v) is 7.81. The van der Waals surface area contributed by atoms with Crippen LogP contribution in [0.4, 0.5) is 0 Å². The van der Waals surface area contributed by atoms with E-state index < -0.39 is 14.4 Å². The maximum atomic E-state index is 11.7. The Labute approximate surface area is 263 Å². The Morgan fingerprint density at radius 2 is 1.86 bits per heavy atom. The molecule has 246 valence electrons. The van der Waals surface area contributed by atoms with Crippen LogP contribution in [0.25, 0.3) is 0 Å². The monoisotopic (exact) mass is 630 g/mol. The summed E-state index contributed by atoms with van der Waals surface area (Å²) in [6, 6.07) is 0. The molecule has 6 nitrogen and oxygen atoms in total. The van der Waals surface area contributed by atoms with Gasteiger partial charge < -0.3 is 23.7 Å². The molecule has 1 aliphatic carbocycles. The van der Waals surface area contributed by atoms with E-state index in [1.54, 1.807) is 0 Å². The Bertz CT molecular complexity index is 778. The number of halogens is 1. The molecule has 1 saturated heterocycles. The van der Waals surface area contributed by atoms with Crippen molar-refractivity contribution in [2.45, 2.75) is 173 Å². The van der Waals surface area contributed by atoms with Crippen LogP contribution in [0.1, 0.15) is 125 Å². The molecule has 1 aliphatic heterocycles. The second-order valence-corrected chi connectivity index (χ2v) is 19.5. The number of carbonyl (C=O) groups is 1. The lowest BCUT2D eigenvalue weighted by Crippen LogP contribution is -2.43. The summed E-state index contributed by atoms with van der Waals surface area (Å²) in [4.78, 5) is 11.7. The molecular formula is C34H63ClO6Si. The predicted molar refractivity (Wildman–Crippen MR) is 175 cm³/mol. The lowest BCUT2D eigenvalue weighted by Gasteiger charge is -2.38. The summed E-state index contributed by atoms with van der Waals surface area (Å²) in [5.41, 5.74) is 0. The molecule has 0 aromatic heterocycles. The van der Waals surface area contributed by atoms with Crippen molar-refractivity contribution in [3.05, 3.63) is 12.2 Å². The maximum absolute atomic E-state index is 11.7. The molecule has 1 saturated carbocycles. The first kappa shape index (κ1) is 37.7. The topological polar surface area (TPSA) is 74.2 Å². The van der Waals surface area contributed by atoms with Crippen molar-refractivity contribution in [1.82, 2.24) is 0 Å². The quantitative estimate of drug-likeness (QED) is 0.0505. The third-order valence-electron chi connectivity index (χ3n) is 9.41. The van der Waals surface area contributed by atoms with E-state index >= 15 is 0 Å². The number of carbonyl (C=O) groups excluding carboxylic acids is 1. The molecule has 1 unspecified atom stereocenters. The highest BCUT2D eigenvalue weighted by molar-refractivity contribution is 6.74. The van der Waals surface area contributed by atoms with Crippen LogP contribution in [-0.2, 0) is 23.4 Å². The number of unbranched alkanes of at least 4 members (excludes halogenated alkanes) is 3. The van der Waals surface area contributed by atoms with Gasteiger partial charge in [-0.15, -0.1) is 11.6 Å². The zero-order chi connectivity index (χ0) is 31.2. The van der Waals surface area contributed by atoms with Crippen LogP contribution >= 0.6 is 11.6 Å².